The molecule has 0 saturated heterocycles. The van der Waals surface area contributed by atoms with Crippen LogP contribution in [0.15, 0.2) is 42.5 Å². The third-order valence-corrected chi connectivity index (χ3v) is 4.14. The Labute approximate surface area is 154 Å². The minimum Gasteiger partial charge on any atom is -0.483 e. The Bertz CT molecular complexity index is 787. The Kier molecular flexibility index (Phi) is 6.78. The van der Waals surface area contributed by atoms with E-state index in [1.165, 1.54) is 0 Å². The van der Waals surface area contributed by atoms with Crippen molar-refractivity contribution >= 4 is 17.5 Å². The number of hydrogen-bond acceptors (Lipinski definition) is 3. The van der Waals surface area contributed by atoms with Crippen LogP contribution in [0.25, 0.3) is 0 Å². The molecule has 5 nitrogen and oxygen atoms in total. The molecule has 0 aromatic heterocycles. The number of carbonyl (C=O) groups is 2. The zero-order valence-corrected chi connectivity index (χ0v) is 15.8. The van der Waals surface area contributed by atoms with Crippen LogP contribution >= 0.6 is 0 Å². The van der Waals surface area contributed by atoms with Crippen LogP contribution in [0.5, 0.6) is 5.75 Å². The Morgan fingerprint density at radius 2 is 1.85 bits per heavy atom. The van der Waals surface area contributed by atoms with Gasteiger partial charge in [-0.2, -0.15) is 0 Å². The van der Waals surface area contributed by atoms with Gasteiger partial charge in [0.15, 0.2) is 6.61 Å². The third kappa shape index (κ3) is 5.34. The molecule has 0 bridgehead atoms. The van der Waals surface area contributed by atoms with Gasteiger partial charge in [0.25, 0.3) is 11.8 Å². The maximum absolute atomic E-state index is 12.4. The number of ether oxygens (including phenoxy) is 1. The third-order valence-electron chi connectivity index (χ3n) is 4.14. The molecule has 0 unspecified atom stereocenters. The molecule has 1 atom stereocenters. The molecule has 0 saturated carbocycles. The number of carbonyl (C=O) groups excluding carboxylic acids is 2. The molecule has 0 aliphatic carbocycles. The number of amides is 2. The van der Waals surface area contributed by atoms with Gasteiger partial charge in [-0.25, -0.2) is 0 Å². The molecular formula is C21H26N2O3. The largest absolute Gasteiger partial charge is 0.483 e. The van der Waals surface area contributed by atoms with Crippen LogP contribution in [0.4, 0.5) is 5.69 Å². The van der Waals surface area contributed by atoms with Crippen LogP contribution in [0.3, 0.4) is 0 Å². The first kappa shape index (κ1) is 19.5. The zero-order chi connectivity index (χ0) is 19.1. The van der Waals surface area contributed by atoms with Crippen molar-refractivity contribution in [2.45, 2.75) is 40.2 Å². The molecule has 2 aromatic carbocycles. The first-order valence-corrected chi connectivity index (χ1v) is 8.80. The van der Waals surface area contributed by atoms with Crippen molar-refractivity contribution in [3.63, 3.8) is 0 Å². The van der Waals surface area contributed by atoms with Crippen molar-refractivity contribution in [3.8, 4) is 5.75 Å². The van der Waals surface area contributed by atoms with E-state index < -0.39 is 0 Å². The van der Waals surface area contributed by atoms with E-state index in [1.54, 1.807) is 24.3 Å². The maximum Gasteiger partial charge on any atom is 0.262 e. The SMILES string of the molecule is CC[C@H](C)NC(=O)c1ccccc1NC(=O)COc1cc(C)ccc1C. The van der Waals surface area contributed by atoms with Crippen molar-refractivity contribution in [2.75, 3.05) is 11.9 Å². The normalized spacial score (nSPS) is 11.5. The highest BCUT2D eigenvalue weighted by Crippen LogP contribution is 2.19. The highest BCUT2D eigenvalue weighted by atomic mass is 16.5. The monoisotopic (exact) mass is 354 g/mol. The lowest BCUT2D eigenvalue weighted by molar-refractivity contribution is -0.118. The first-order chi connectivity index (χ1) is 12.4. The Morgan fingerprint density at radius 3 is 2.58 bits per heavy atom. The van der Waals surface area contributed by atoms with Crippen LogP contribution in [0.2, 0.25) is 0 Å². The van der Waals surface area contributed by atoms with E-state index >= 15 is 0 Å². The molecule has 0 fully saturated rings. The van der Waals surface area contributed by atoms with Gasteiger partial charge in [0, 0.05) is 6.04 Å². The molecule has 0 aliphatic rings. The summed E-state index contributed by atoms with van der Waals surface area (Å²) in [6, 6.07) is 12.9. The second kappa shape index (κ2) is 9.04. The van der Waals surface area contributed by atoms with Gasteiger partial charge < -0.3 is 15.4 Å². The molecular weight excluding hydrogens is 328 g/mol. The van der Waals surface area contributed by atoms with Crippen LogP contribution in [-0.2, 0) is 4.79 Å². The molecule has 2 N–H and O–H groups in total. The average molecular weight is 354 g/mol. The Balaban J connectivity index is 2.03. The predicted octanol–water partition coefficient (Wildman–Crippen LogP) is 3.85. The van der Waals surface area contributed by atoms with Gasteiger partial charge in [0.2, 0.25) is 0 Å². The Morgan fingerprint density at radius 1 is 1.12 bits per heavy atom. The number of aryl methyl sites for hydroxylation is 2. The van der Waals surface area contributed by atoms with Gasteiger partial charge in [-0.1, -0.05) is 31.2 Å². The van der Waals surface area contributed by atoms with Crippen molar-refractivity contribution in [1.29, 1.82) is 0 Å². The summed E-state index contributed by atoms with van der Waals surface area (Å²) < 4.78 is 5.62. The fourth-order valence-electron chi connectivity index (χ4n) is 2.39. The summed E-state index contributed by atoms with van der Waals surface area (Å²) >= 11 is 0. The quantitative estimate of drug-likeness (QED) is 0.794. The van der Waals surface area contributed by atoms with E-state index in [2.05, 4.69) is 10.6 Å². The molecule has 5 heteroatoms. The molecule has 2 amide bonds. The summed E-state index contributed by atoms with van der Waals surface area (Å²) in [4.78, 5) is 24.7. The van der Waals surface area contributed by atoms with E-state index in [0.717, 1.165) is 17.5 Å². The van der Waals surface area contributed by atoms with Gasteiger partial charge >= 0.3 is 0 Å². The van der Waals surface area contributed by atoms with E-state index in [-0.39, 0.29) is 24.5 Å². The van der Waals surface area contributed by atoms with Gasteiger partial charge in [0.1, 0.15) is 5.75 Å². The maximum atomic E-state index is 12.4. The number of hydrogen-bond donors (Lipinski definition) is 2. The summed E-state index contributed by atoms with van der Waals surface area (Å²) in [6.45, 7) is 7.73. The first-order valence-electron chi connectivity index (χ1n) is 8.80. The minimum absolute atomic E-state index is 0.0684. The Hall–Kier alpha value is -2.82. The zero-order valence-electron chi connectivity index (χ0n) is 15.8. The van der Waals surface area contributed by atoms with E-state index in [1.807, 2.05) is 45.9 Å². The lowest BCUT2D eigenvalue weighted by atomic mass is 10.1. The van der Waals surface area contributed by atoms with Crippen molar-refractivity contribution < 1.29 is 14.3 Å². The van der Waals surface area contributed by atoms with Gasteiger partial charge in [0.05, 0.1) is 11.3 Å². The van der Waals surface area contributed by atoms with Crippen molar-refractivity contribution in [1.82, 2.24) is 5.32 Å². The van der Waals surface area contributed by atoms with E-state index in [0.29, 0.717) is 17.0 Å². The van der Waals surface area contributed by atoms with Gasteiger partial charge in [-0.05, 0) is 56.5 Å². The predicted molar refractivity (Wildman–Crippen MR) is 104 cm³/mol. The number of para-hydroxylation sites is 1. The highest BCUT2D eigenvalue weighted by Gasteiger charge is 2.15. The summed E-state index contributed by atoms with van der Waals surface area (Å²) in [5, 5.41) is 5.67. The summed E-state index contributed by atoms with van der Waals surface area (Å²) in [6.07, 6.45) is 0.837. The lowest BCUT2D eigenvalue weighted by Crippen LogP contribution is -2.33. The van der Waals surface area contributed by atoms with Crippen molar-refractivity contribution in [3.05, 3.63) is 59.2 Å². The molecule has 0 heterocycles. The van der Waals surface area contributed by atoms with Crippen LogP contribution in [-0.4, -0.2) is 24.5 Å². The smallest absolute Gasteiger partial charge is 0.262 e. The van der Waals surface area contributed by atoms with E-state index in [4.69, 9.17) is 4.74 Å². The molecule has 0 spiro atoms. The van der Waals surface area contributed by atoms with Crippen LogP contribution < -0.4 is 15.4 Å². The number of rotatable bonds is 7. The fourth-order valence-corrected chi connectivity index (χ4v) is 2.39. The average Bonchev–Trinajstić information content (AvgIpc) is 2.62. The summed E-state index contributed by atoms with van der Waals surface area (Å²) in [7, 11) is 0. The lowest BCUT2D eigenvalue weighted by Gasteiger charge is -2.15. The number of benzene rings is 2. The van der Waals surface area contributed by atoms with Gasteiger partial charge in [-0.15, -0.1) is 0 Å². The fraction of sp³-hybridized carbons (Fsp3) is 0.333. The number of anilines is 1. The van der Waals surface area contributed by atoms with Gasteiger partial charge in [-0.3, -0.25) is 9.59 Å². The summed E-state index contributed by atoms with van der Waals surface area (Å²) in [5.74, 6) is 0.170. The molecule has 2 rings (SSSR count). The molecule has 2 aromatic rings. The van der Waals surface area contributed by atoms with E-state index in [9.17, 15) is 9.59 Å². The molecule has 138 valence electrons. The second-order valence-corrected chi connectivity index (χ2v) is 6.43. The summed E-state index contributed by atoms with van der Waals surface area (Å²) in [5.41, 5.74) is 2.95. The van der Waals surface area contributed by atoms with Crippen molar-refractivity contribution in [2.24, 2.45) is 0 Å². The highest BCUT2D eigenvalue weighted by molar-refractivity contribution is 6.04. The molecule has 0 radical (unpaired) electrons. The second-order valence-electron chi connectivity index (χ2n) is 6.43. The van der Waals surface area contributed by atoms with Crippen LogP contribution in [0, 0.1) is 13.8 Å². The molecule has 0 aliphatic heterocycles. The topological polar surface area (TPSA) is 67.4 Å². The minimum atomic E-state index is -0.310. The number of nitrogens with one attached hydrogen (secondary N) is 2. The molecule has 26 heavy (non-hydrogen) atoms. The standard InChI is InChI=1S/C21H26N2O3/c1-5-16(4)22-21(25)17-8-6-7-9-18(17)23-20(24)13-26-19-12-14(2)10-11-15(19)3/h6-12,16H,5,13H2,1-4H3,(H,22,25)(H,23,24)/t16-/m0/s1. The van der Waals surface area contributed by atoms with Crippen LogP contribution in [0.1, 0.15) is 41.8 Å².